The minimum Gasteiger partial charge on any atom is -0.490 e. The van der Waals surface area contributed by atoms with Crippen LogP contribution in [0.5, 0.6) is 11.5 Å². The number of hydrogen-bond donors (Lipinski definition) is 0. The number of hydrogen-bond acceptors (Lipinski definition) is 9. The molecule has 0 saturated carbocycles. The molecule has 168 valence electrons. The van der Waals surface area contributed by atoms with E-state index in [0.717, 1.165) is 16.7 Å². The van der Waals surface area contributed by atoms with E-state index < -0.39 is 29.1 Å². The number of carbonyl (C=O) groups excluding carboxylic acids is 4. The Morgan fingerprint density at radius 2 is 1.74 bits per heavy atom. The fourth-order valence-electron chi connectivity index (χ4n) is 2.67. The van der Waals surface area contributed by atoms with Gasteiger partial charge in [-0.15, -0.1) is 0 Å². The molecule has 2 amide bonds. The van der Waals surface area contributed by atoms with Crippen molar-refractivity contribution >= 4 is 40.9 Å². The molecule has 0 N–H and O–H groups in total. The van der Waals surface area contributed by atoms with Gasteiger partial charge in [0.15, 0.2) is 18.1 Å². The summed E-state index contributed by atoms with van der Waals surface area (Å²) in [5.41, 5.74) is 0.584. The summed E-state index contributed by atoms with van der Waals surface area (Å²) in [6.45, 7) is 7.08. The molecule has 1 saturated heterocycles. The largest absolute Gasteiger partial charge is 0.490 e. The highest BCUT2D eigenvalue weighted by Crippen LogP contribution is 2.35. The van der Waals surface area contributed by atoms with Gasteiger partial charge < -0.3 is 18.9 Å². The molecule has 0 spiro atoms. The van der Waals surface area contributed by atoms with Gasteiger partial charge in [0.05, 0.1) is 24.7 Å². The van der Waals surface area contributed by atoms with Crippen LogP contribution in [0, 0.1) is 0 Å². The van der Waals surface area contributed by atoms with Crippen molar-refractivity contribution in [1.29, 1.82) is 0 Å². The Balaban J connectivity index is 2.21. The summed E-state index contributed by atoms with van der Waals surface area (Å²) in [7, 11) is 0. The summed E-state index contributed by atoms with van der Waals surface area (Å²) in [5.74, 6) is -1.00. The van der Waals surface area contributed by atoms with E-state index in [0.29, 0.717) is 23.7 Å². The van der Waals surface area contributed by atoms with Crippen molar-refractivity contribution < 1.29 is 38.1 Å². The maximum Gasteiger partial charge on any atom is 0.344 e. The van der Waals surface area contributed by atoms with Gasteiger partial charge in [0.2, 0.25) is 0 Å². The normalized spacial score (nSPS) is 15.7. The molecule has 0 unspecified atom stereocenters. The van der Waals surface area contributed by atoms with Crippen molar-refractivity contribution in [2.45, 2.75) is 33.7 Å². The summed E-state index contributed by atoms with van der Waals surface area (Å²) < 4.78 is 20.8. The van der Waals surface area contributed by atoms with Crippen LogP contribution >= 0.6 is 11.8 Å². The number of carbonyl (C=O) groups is 4. The standard InChI is InChI=1S/C21H25NO8S/c1-5-27-16-10-14(8-9-15(16)30-12-18(23)28-6-2)11-17-19(24)22(21(26)31-17)13(4)20(25)29-7-3/h8-11,13H,5-7,12H2,1-4H3/b17-11+/t13-/m0/s1. The van der Waals surface area contributed by atoms with Crippen LogP contribution in [0.4, 0.5) is 4.79 Å². The van der Waals surface area contributed by atoms with E-state index in [1.165, 1.54) is 13.0 Å². The van der Waals surface area contributed by atoms with Crippen LogP contribution in [0.15, 0.2) is 23.1 Å². The summed E-state index contributed by atoms with van der Waals surface area (Å²) in [5, 5.41) is -0.545. The van der Waals surface area contributed by atoms with Crippen LogP contribution in [0.1, 0.15) is 33.3 Å². The molecule has 0 aromatic heterocycles. The zero-order valence-corrected chi connectivity index (χ0v) is 18.7. The molecule has 0 aliphatic carbocycles. The number of thioether (sulfide) groups is 1. The van der Waals surface area contributed by atoms with Crippen molar-refractivity contribution in [2.24, 2.45) is 0 Å². The maximum atomic E-state index is 12.7. The van der Waals surface area contributed by atoms with Gasteiger partial charge >= 0.3 is 11.9 Å². The van der Waals surface area contributed by atoms with Crippen LogP contribution in [0.25, 0.3) is 6.08 Å². The summed E-state index contributed by atoms with van der Waals surface area (Å²) in [4.78, 5) is 49.5. The monoisotopic (exact) mass is 451 g/mol. The van der Waals surface area contributed by atoms with Crippen molar-refractivity contribution in [3.05, 3.63) is 28.7 Å². The minimum atomic E-state index is -1.02. The van der Waals surface area contributed by atoms with Crippen LogP contribution < -0.4 is 9.47 Å². The molecule has 1 aromatic carbocycles. The minimum absolute atomic E-state index is 0.153. The van der Waals surface area contributed by atoms with E-state index in [1.54, 1.807) is 39.0 Å². The summed E-state index contributed by atoms with van der Waals surface area (Å²) in [6, 6.07) is 3.87. The number of esters is 2. The number of ether oxygens (including phenoxy) is 4. The molecule has 1 atom stereocenters. The first-order valence-electron chi connectivity index (χ1n) is 9.81. The van der Waals surface area contributed by atoms with E-state index in [1.807, 2.05) is 0 Å². The topological polar surface area (TPSA) is 108 Å². The molecule has 1 fully saturated rings. The molecule has 9 nitrogen and oxygen atoms in total. The maximum absolute atomic E-state index is 12.7. The number of benzene rings is 1. The lowest BCUT2D eigenvalue weighted by atomic mass is 10.1. The predicted octanol–water partition coefficient (Wildman–Crippen LogP) is 3.02. The van der Waals surface area contributed by atoms with Crippen molar-refractivity contribution in [2.75, 3.05) is 26.4 Å². The fraction of sp³-hybridized carbons (Fsp3) is 0.429. The van der Waals surface area contributed by atoms with E-state index in [9.17, 15) is 19.2 Å². The second-order valence-corrected chi connectivity index (χ2v) is 7.21. The van der Waals surface area contributed by atoms with Crippen LogP contribution in [-0.4, -0.2) is 60.5 Å². The highest BCUT2D eigenvalue weighted by Gasteiger charge is 2.41. The van der Waals surface area contributed by atoms with Gasteiger partial charge in [-0.2, -0.15) is 0 Å². The molecule has 1 aliphatic rings. The Morgan fingerprint density at radius 1 is 1.03 bits per heavy atom. The van der Waals surface area contributed by atoms with Crippen molar-refractivity contribution in [1.82, 2.24) is 4.90 Å². The zero-order valence-electron chi connectivity index (χ0n) is 17.8. The van der Waals surface area contributed by atoms with Gasteiger partial charge in [-0.1, -0.05) is 6.07 Å². The van der Waals surface area contributed by atoms with Gasteiger partial charge in [-0.25, -0.2) is 9.59 Å². The molecule has 1 heterocycles. The van der Waals surface area contributed by atoms with Crippen molar-refractivity contribution in [3.8, 4) is 11.5 Å². The zero-order chi connectivity index (χ0) is 23.0. The Bertz CT molecular complexity index is 882. The third-order valence-electron chi connectivity index (χ3n) is 4.05. The van der Waals surface area contributed by atoms with Gasteiger partial charge in [0, 0.05) is 0 Å². The number of amides is 2. The van der Waals surface area contributed by atoms with Crippen LogP contribution in [0.2, 0.25) is 0 Å². The van der Waals surface area contributed by atoms with E-state index in [-0.39, 0.29) is 24.7 Å². The average molecular weight is 451 g/mol. The second kappa shape index (κ2) is 11.4. The highest BCUT2D eigenvalue weighted by atomic mass is 32.2. The Labute approximate surface area is 184 Å². The molecular formula is C21H25NO8S. The SMILES string of the molecule is CCOC(=O)COc1ccc(/C=C2/SC(=O)N([C@@H](C)C(=O)OCC)C2=O)cc1OCC. The molecular weight excluding hydrogens is 426 g/mol. The Kier molecular flexibility index (Phi) is 8.92. The predicted molar refractivity (Wildman–Crippen MR) is 114 cm³/mol. The summed E-state index contributed by atoms with van der Waals surface area (Å²) in [6.07, 6.45) is 1.53. The van der Waals surface area contributed by atoms with Crippen molar-refractivity contribution in [3.63, 3.8) is 0 Å². The lowest BCUT2D eigenvalue weighted by molar-refractivity contribution is -0.150. The molecule has 0 radical (unpaired) electrons. The molecule has 0 bridgehead atoms. The van der Waals surface area contributed by atoms with Crippen LogP contribution in [0.3, 0.4) is 0 Å². The van der Waals surface area contributed by atoms with E-state index >= 15 is 0 Å². The number of nitrogens with zero attached hydrogens (tertiary/aromatic N) is 1. The molecule has 1 aliphatic heterocycles. The van der Waals surface area contributed by atoms with Gasteiger partial charge in [-0.3, -0.25) is 14.5 Å². The first-order chi connectivity index (χ1) is 14.8. The highest BCUT2D eigenvalue weighted by molar-refractivity contribution is 8.18. The lowest BCUT2D eigenvalue weighted by Crippen LogP contribution is -2.42. The third kappa shape index (κ3) is 6.24. The molecule has 10 heteroatoms. The quantitative estimate of drug-likeness (QED) is 0.392. The summed E-state index contributed by atoms with van der Waals surface area (Å²) >= 11 is 0.741. The number of rotatable bonds is 10. The van der Waals surface area contributed by atoms with Gasteiger partial charge in [0.1, 0.15) is 6.04 Å². The third-order valence-corrected chi connectivity index (χ3v) is 4.94. The smallest absolute Gasteiger partial charge is 0.344 e. The van der Waals surface area contributed by atoms with Gasteiger partial charge in [-0.05, 0) is 63.2 Å². The van der Waals surface area contributed by atoms with Crippen LogP contribution in [-0.2, 0) is 23.9 Å². The Morgan fingerprint density at radius 3 is 2.39 bits per heavy atom. The molecule has 31 heavy (non-hydrogen) atoms. The van der Waals surface area contributed by atoms with E-state index in [4.69, 9.17) is 18.9 Å². The number of imide groups is 1. The van der Waals surface area contributed by atoms with Gasteiger partial charge in [0.25, 0.3) is 11.1 Å². The first-order valence-corrected chi connectivity index (χ1v) is 10.6. The fourth-order valence-corrected chi connectivity index (χ4v) is 3.58. The average Bonchev–Trinajstić information content (AvgIpc) is 3.00. The van der Waals surface area contributed by atoms with E-state index in [2.05, 4.69) is 0 Å². The molecule has 2 rings (SSSR count). The first kappa shape index (κ1) is 24.3. The second-order valence-electron chi connectivity index (χ2n) is 6.21. The lowest BCUT2D eigenvalue weighted by Gasteiger charge is -2.19. The molecule has 1 aromatic rings. The Hall–Kier alpha value is -3.01.